The average Bonchev–Trinajstić information content (AvgIpc) is 4.28. The Kier molecular flexibility index (Phi) is 23.8. The van der Waals surface area contributed by atoms with Gasteiger partial charge in [0.15, 0.2) is 12.6 Å². The summed E-state index contributed by atoms with van der Waals surface area (Å²) in [5.41, 5.74) is 1.83. The number of aliphatic hydroxyl groups excluding tert-OH is 2. The van der Waals surface area contributed by atoms with E-state index < -0.39 is 73.6 Å². The lowest BCUT2D eigenvalue weighted by atomic mass is 9.90. The van der Waals surface area contributed by atoms with Crippen molar-refractivity contribution in [2.45, 2.75) is 178 Å². The van der Waals surface area contributed by atoms with E-state index in [4.69, 9.17) is 66.3 Å². The Labute approximate surface area is 395 Å². The molecule has 0 saturated carbocycles. The fourth-order valence-corrected chi connectivity index (χ4v) is 9.93. The second kappa shape index (κ2) is 27.6. The zero-order valence-corrected chi connectivity index (χ0v) is 42.6. The van der Waals surface area contributed by atoms with Crippen LogP contribution in [-0.2, 0) is 66.3 Å². The quantitative estimate of drug-likeness (QED) is 0.0567. The van der Waals surface area contributed by atoms with Crippen LogP contribution in [0.25, 0.3) is 0 Å². The van der Waals surface area contributed by atoms with Crippen molar-refractivity contribution in [1.29, 1.82) is 0 Å². The number of ether oxygens (including phenoxy) is 14. The van der Waals surface area contributed by atoms with Crippen LogP contribution < -0.4 is 0 Å². The lowest BCUT2D eigenvalue weighted by molar-refractivity contribution is -0.298. The van der Waals surface area contributed by atoms with Crippen molar-refractivity contribution in [1.82, 2.24) is 0 Å². The predicted octanol–water partition coefficient (Wildman–Crippen LogP) is 5.22. The van der Waals surface area contributed by atoms with Crippen LogP contribution in [0.1, 0.15) is 67.7 Å². The highest BCUT2D eigenvalue weighted by Gasteiger charge is 2.53. The van der Waals surface area contributed by atoms with E-state index in [9.17, 15) is 10.2 Å². The molecule has 66 heavy (non-hydrogen) atoms. The van der Waals surface area contributed by atoms with Gasteiger partial charge in [0.05, 0.1) is 36.6 Å². The molecule has 4 aliphatic heterocycles. The van der Waals surface area contributed by atoms with E-state index >= 15 is 0 Å². The molecule has 0 radical (unpaired) electrons. The highest BCUT2D eigenvalue weighted by atomic mass is 16.7. The van der Waals surface area contributed by atoms with Crippen molar-refractivity contribution in [2.75, 3.05) is 70.6 Å². The summed E-state index contributed by atoms with van der Waals surface area (Å²) in [6.45, 7) is 14.6. The highest BCUT2D eigenvalue weighted by Crippen LogP contribution is 2.40. The van der Waals surface area contributed by atoms with E-state index in [0.29, 0.717) is 19.4 Å². The van der Waals surface area contributed by atoms with Crippen LogP contribution in [0.3, 0.4) is 0 Å². The highest BCUT2D eigenvalue weighted by molar-refractivity contribution is 5.21. The van der Waals surface area contributed by atoms with Gasteiger partial charge in [0.25, 0.3) is 0 Å². The number of aliphatic hydroxyl groups is 2. The van der Waals surface area contributed by atoms with Crippen LogP contribution in [0.2, 0.25) is 0 Å². The molecular weight excluding hydrogens is 857 g/mol. The molecule has 4 saturated heterocycles. The number of allylic oxidation sites excluding steroid dienone is 4. The summed E-state index contributed by atoms with van der Waals surface area (Å²) in [7, 11) is 14.7. The van der Waals surface area contributed by atoms with E-state index in [1.54, 1.807) is 64.0 Å². The number of hydrogen-bond donors (Lipinski definition) is 2. The fourth-order valence-electron chi connectivity index (χ4n) is 9.93. The summed E-state index contributed by atoms with van der Waals surface area (Å²) in [5, 5.41) is 22.4. The molecule has 4 rings (SSSR count). The maximum Gasteiger partial charge on any atom is 0.186 e. The molecule has 382 valence electrons. The van der Waals surface area contributed by atoms with Gasteiger partial charge in [-0.1, -0.05) is 71.1 Å². The minimum Gasteiger partial charge on any atom is -0.390 e. The van der Waals surface area contributed by atoms with Crippen molar-refractivity contribution in [3.63, 3.8) is 0 Å². The molecule has 22 atom stereocenters. The summed E-state index contributed by atoms with van der Waals surface area (Å²) < 4.78 is 83.2. The van der Waals surface area contributed by atoms with E-state index in [0.717, 1.165) is 17.6 Å². The first-order valence-electron chi connectivity index (χ1n) is 23.7. The first kappa shape index (κ1) is 56.9. The minimum absolute atomic E-state index is 0.0203. The van der Waals surface area contributed by atoms with Gasteiger partial charge in [0.2, 0.25) is 0 Å². The molecule has 0 aromatic heterocycles. The van der Waals surface area contributed by atoms with Gasteiger partial charge in [-0.25, -0.2) is 0 Å². The zero-order valence-electron chi connectivity index (χ0n) is 42.6. The molecule has 16 heteroatoms. The van der Waals surface area contributed by atoms with Gasteiger partial charge in [-0.2, -0.15) is 0 Å². The third kappa shape index (κ3) is 14.0. The average molecular weight is 943 g/mol. The largest absolute Gasteiger partial charge is 0.390 e. The van der Waals surface area contributed by atoms with Crippen molar-refractivity contribution < 1.29 is 76.5 Å². The van der Waals surface area contributed by atoms with Crippen molar-refractivity contribution in [3.05, 3.63) is 47.6 Å². The molecule has 2 N–H and O–H groups in total. The predicted molar refractivity (Wildman–Crippen MR) is 248 cm³/mol. The van der Waals surface area contributed by atoms with Crippen molar-refractivity contribution >= 4 is 0 Å². The van der Waals surface area contributed by atoms with Crippen molar-refractivity contribution in [3.8, 4) is 0 Å². The van der Waals surface area contributed by atoms with Crippen LogP contribution >= 0.6 is 0 Å². The molecule has 0 aromatic carbocycles. The molecule has 0 spiro atoms. The Bertz CT molecular complexity index is 1520. The van der Waals surface area contributed by atoms with Crippen LogP contribution in [-0.4, -0.2) is 191 Å². The minimum atomic E-state index is -0.705. The number of rotatable bonds is 29. The number of methoxy groups -OCH3 is 9. The molecule has 4 fully saturated rings. The van der Waals surface area contributed by atoms with Gasteiger partial charge in [-0.05, 0) is 44.3 Å². The fraction of sp³-hybridized carbons (Fsp3) is 0.840. The van der Waals surface area contributed by atoms with E-state index in [1.165, 1.54) is 0 Å². The third-order valence-corrected chi connectivity index (χ3v) is 14.3. The maximum absolute atomic E-state index is 11.3. The van der Waals surface area contributed by atoms with Crippen LogP contribution in [0.15, 0.2) is 47.6 Å². The smallest absolute Gasteiger partial charge is 0.186 e. The van der Waals surface area contributed by atoms with Gasteiger partial charge >= 0.3 is 0 Å². The normalized spacial score (nSPS) is 36.8. The molecular formula is C50H86O16. The Balaban J connectivity index is 1.29. The lowest BCUT2D eigenvalue weighted by Crippen LogP contribution is -2.60. The first-order chi connectivity index (χ1) is 31.7. The Morgan fingerprint density at radius 3 is 1.32 bits per heavy atom. The molecule has 4 aliphatic rings. The zero-order chi connectivity index (χ0) is 48.8. The number of hydrogen-bond acceptors (Lipinski definition) is 16. The summed E-state index contributed by atoms with van der Waals surface area (Å²) >= 11 is 0. The number of epoxide rings is 2. The molecule has 16 nitrogen and oxygen atoms in total. The molecule has 0 aliphatic carbocycles. The van der Waals surface area contributed by atoms with Gasteiger partial charge in [0.1, 0.15) is 61.0 Å². The molecule has 0 amide bonds. The summed E-state index contributed by atoms with van der Waals surface area (Å²) in [6.07, 6.45) is 6.98. The first-order valence-corrected chi connectivity index (χ1v) is 23.7. The van der Waals surface area contributed by atoms with E-state index in [1.807, 2.05) is 64.2 Å². The topological polar surface area (TPSA) is 176 Å². The summed E-state index contributed by atoms with van der Waals surface area (Å²) in [5.74, 6) is -0.0922. The molecule has 4 heterocycles. The summed E-state index contributed by atoms with van der Waals surface area (Å²) in [4.78, 5) is 0. The van der Waals surface area contributed by atoms with Crippen LogP contribution in [0, 0.1) is 23.7 Å². The second-order valence-corrected chi connectivity index (χ2v) is 18.4. The molecule has 0 bridgehead atoms. The van der Waals surface area contributed by atoms with E-state index in [2.05, 4.69) is 20.8 Å². The Morgan fingerprint density at radius 2 is 0.924 bits per heavy atom. The summed E-state index contributed by atoms with van der Waals surface area (Å²) in [6, 6.07) is 0. The second-order valence-electron chi connectivity index (χ2n) is 18.4. The molecule has 0 aromatic rings. The van der Waals surface area contributed by atoms with Gasteiger partial charge in [-0.15, -0.1) is 0 Å². The standard InChI is InChI=1S/C50H86O16/c1-17-33(53-8)31(6)39-41(63-39)35(51)27(2)22-19-24-30(5)38-44(56-11)46(48(59-14)50(61-16)66-38)62-26-20-25-34(54-9)32(7)40-42(64-40)36(52)28(3)21-18-23-29(4)37-43(55-10)45(57-12)47(58-13)49(60-15)65-37/h18-19,21-24,27-28,31-52H,17,20,25-26H2,1-16H3/b21-18+,22-19+,29-23+,30-24+/t27-,28-,31+,32+,33-,34-,35+,36+,37+,38+,39+,40+,41+,42+,43+,44+,45-,46-,47+,48+,49+,50-/m0/s1. The Morgan fingerprint density at radius 1 is 0.515 bits per heavy atom. The monoisotopic (exact) mass is 943 g/mol. The molecule has 0 unspecified atom stereocenters. The third-order valence-electron chi connectivity index (χ3n) is 14.3. The van der Waals surface area contributed by atoms with Crippen molar-refractivity contribution in [2.24, 2.45) is 23.7 Å². The van der Waals surface area contributed by atoms with Gasteiger partial charge in [-0.3, -0.25) is 0 Å². The van der Waals surface area contributed by atoms with Crippen LogP contribution in [0.5, 0.6) is 0 Å². The lowest BCUT2D eigenvalue weighted by Gasteiger charge is -2.45. The SMILES string of the molecule is CC[C@H](OC)[C@@H](C)[C@H]1O[C@@H]1[C@H](O)[C@@H](C)/C=C/C=C(\C)[C@H]1O[C@H](OC)[C@H](OC)[C@@H](OCCC[C@H](OC)[C@@H](C)[C@H]2O[C@@H]2[C@H](O)[C@@H](C)/C=C/C=C(\C)[C@H]2O[C@@H](OC)[C@H](OC)[C@@H](OC)[C@@H]2OC)[C@@H]1OC. The van der Waals surface area contributed by atoms with E-state index in [-0.39, 0.29) is 60.3 Å². The van der Waals surface area contributed by atoms with Crippen LogP contribution in [0.4, 0.5) is 0 Å². The van der Waals surface area contributed by atoms with Gasteiger partial charge < -0.3 is 76.5 Å². The van der Waals surface area contributed by atoms with Gasteiger partial charge in [0, 0.05) is 94.3 Å². The maximum atomic E-state index is 11.3. The Hall–Kier alpha value is -1.68.